The van der Waals surface area contributed by atoms with Crippen LogP contribution in [0.1, 0.15) is 6.42 Å². The van der Waals surface area contributed by atoms with Crippen LogP contribution in [0.2, 0.25) is 0 Å². The Morgan fingerprint density at radius 2 is 1.67 bits per heavy atom. The molecule has 0 heterocycles. The van der Waals surface area contributed by atoms with Crippen LogP contribution in [-0.4, -0.2) is 78.3 Å². The summed E-state index contributed by atoms with van der Waals surface area (Å²) in [5.74, 6) is -2.65. The van der Waals surface area contributed by atoms with Crippen LogP contribution < -0.4 is 5.32 Å². The third kappa shape index (κ3) is 6.69. The molecule has 104 valence electrons. The number of likely N-dealkylation sites (N-methyl/N-ethyl adjacent to an activating group) is 2. The number of nitrogens with zero attached hydrogens (tertiary/aromatic N) is 2. The molecule has 18 heavy (non-hydrogen) atoms. The van der Waals surface area contributed by atoms with Gasteiger partial charge in [-0.15, -0.1) is 0 Å². The van der Waals surface area contributed by atoms with Gasteiger partial charge in [-0.05, 0) is 14.1 Å². The zero-order valence-corrected chi connectivity index (χ0v) is 10.7. The van der Waals surface area contributed by atoms with Gasteiger partial charge in [0.1, 0.15) is 6.04 Å². The van der Waals surface area contributed by atoms with Crippen LogP contribution in [0.15, 0.2) is 0 Å². The highest BCUT2D eigenvalue weighted by molar-refractivity contribution is 5.86. The zero-order chi connectivity index (χ0) is 14.3. The molecule has 0 bridgehead atoms. The predicted molar refractivity (Wildman–Crippen MR) is 63.4 cm³/mol. The number of urea groups is 1. The maximum Gasteiger partial charge on any atom is 0.326 e. The van der Waals surface area contributed by atoms with Crippen molar-refractivity contribution in [3.63, 3.8) is 0 Å². The molecule has 0 aliphatic carbocycles. The average Bonchev–Trinajstić information content (AvgIpc) is 2.23. The second-order valence-corrected chi connectivity index (χ2v) is 4.16. The maximum atomic E-state index is 11.6. The zero-order valence-electron chi connectivity index (χ0n) is 10.7. The van der Waals surface area contributed by atoms with Crippen molar-refractivity contribution in [2.45, 2.75) is 12.5 Å². The third-order valence-electron chi connectivity index (χ3n) is 2.20. The molecule has 0 fully saturated rings. The molecule has 8 heteroatoms. The second kappa shape index (κ2) is 7.49. The van der Waals surface area contributed by atoms with E-state index in [9.17, 15) is 14.4 Å². The number of carbonyl (C=O) groups excluding carboxylic acids is 1. The summed E-state index contributed by atoms with van der Waals surface area (Å²) >= 11 is 0. The first-order valence-corrected chi connectivity index (χ1v) is 5.35. The molecule has 3 N–H and O–H groups in total. The van der Waals surface area contributed by atoms with E-state index in [1.807, 2.05) is 19.0 Å². The Kier molecular flexibility index (Phi) is 6.73. The number of amides is 2. The van der Waals surface area contributed by atoms with Gasteiger partial charge in [-0.25, -0.2) is 9.59 Å². The largest absolute Gasteiger partial charge is 0.481 e. The molecule has 0 aliphatic rings. The summed E-state index contributed by atoms with van der Waals surface area (Å²) in [5.41, 5.74) is 0. The van der Waals surface area contributed by atoms with Gasteiger partial charge in [-0.3, -0.25) is 4.79 Å². The molecule has 0 aromatic carbocycles. The van der Waals surface area contributed by atoms with Gasteiger partial charge in [0, 0.05) is 20.1 Å². The van der Waals surface area contributed by atoms with Crippen molar-refractivity contribution in [3.8, 4) is 0 Å². The van der Waals surface area contributed by atoms with E-state index in [-0.39, 0.29) is 0 Å². The lowest BCUT2D eigenvalue weighted by molar-refractivity contribution is -0.145. The van der Waals surface area contributed by atoms with E-state index in [2.05, 4.69) is 5.32 Å². The number of rotatable bonds is 7. The molecule has 0 aliphatic heterocycles. The van der Waals surface area contributed by atoms with Gasteiger partial charge >= 0.3 is 18.0 Å². The fourth-order valence-corrected chi connectivity index (χ4v) is 1.09. The number of carboxylic acid groups (broad SMARTS) is 2. The Morgan fingerprint density at radius 3 is 2.06 bits per heavy atom. The molecule has 0 saturated carbocycles. The smallest absolute Gasteiger partial charge is 0.326 e. The highest BCUT2D eigenvalue weighted by atomic mass is 16.4. The summed E-state index contributed by atoms with van der Waals surface area (Å²) in [7, 11) is 5.20. The molecule has 8 nitrogen and oxygen atoms in total. The Balaban J connectivity index is 4.32. The van der Waals surface area contributed by atoms with Crippen molar-refractivity contribution in [2.24, 2.45) is 0 Å². The van der Waals surface area contributed by atoms with Crippen molar-refractivity contribution in [1.29, 1.82) is 0 Å². The number of nitrogens with one attached hydrogen (secondary N) is 1. The fraction of sp³-hybridized carbons (Fsp3) is 0.700. The molecule has 0 aromatic rings. The predicted octanol–water partition coefficient (Wildman–Crippen LogP) is -0.883. The topological polar surface area (TPSA) is 110 Å². The Hall–Kier alpha value is -1.83. The minimum atomic E-state index is -1.42. The molecule has 0 spiro atoms. The Labute approximate surface area is 105 Å². The molecule has 0 saturated heterocycles. The van der Waals surface area contributed by atoms with Crippen LogP contribution in [-0.2, 0) is 9.59 Å². The first-order valence-electron chi connectivity index (χ1n) is 5.35. The fourth-order valence-electron chi connectivity index (χ4n) is 1.09. The number of carbonyl (C=O) groups is 3. The summed E-state index contributed by atoms with van der Waals surface area (Å²) in [5, 5.41) is 19.5. The minimum Gasteiger partial charge on any atom is -0.481 e. The van der Waals surface area contributed by atoms with E-state index < -0.39 is 30.4 Å². The number of aliphatic carboxylic acids is 2. The van der Waals surface area contributed by atoms with Crippen molar-refractivity contribution in [3.05, 3.63) is 0 Å². The van der Waals surface area contributed by atoms with E-state index in [0.29, 0.717) is 13.1 Å². The van der Waals surface area contributed by atoms with Crippen LogP contribution in [0.5, 0.6) is 0 Å². The number of hydrogen-bond acceptors (Lipinski definition) is 4. The third-order valence-corrected chi connectivity index (χ3v) is 2.20. The van der Waals surface area contributed by atoms with E-state index in [1.54, 1.807) is 0 Å². The molecule has 0 unspecified atom stereocenters. The lowest BCUT2D eigenvalue weighted by Gasteiger charge is -2.22. The molecular weight excluding hydrogens is 242 g/mol. The SMILES string of the molecule is CN(C)CCN(C)C(=O)N[C@@H](CC(=O)O)C(=O)O. The van der Waals surface area contributed by atoms with Gasteiger partial charge in [-0.2, -0.15) is 0 Å². The first-order chi connectivity index (χ1) is 8.23. The maximum absolute atomic E-state index is 11.6. The summed E-state index contributed by atoms with van der Waals surface area (Å²) in [4.78, 5) is 36.0. The van der Waals surface area contributed by atoms with Crippen LogP contribution in [0.4, 0.5) is 4.79 Å². The Morgan fingerprint density at radius 1 is 1.11 bits per heavy atom. The average molecular weight is 261 g/mol. The van der Waals surface area contributed by atoms with Crippen LogP contribution >= 0.6 is 0 Å². The van der Waals surface area contributed by atoms with Crippen molar-refractivity contribution in [2.75, 3.05) is 34.2 Å². The monoisotopic (exact) mass is 261 g/mol. The summed E-state index contributed by atoms with van der Waals surface area (Å²) in [6.45, 7) is 1.04. The van der Waals surface area contributed by atoms with Gasteiger partial charge in [0.15, 0.2) is 0 Å². The summed E-state index contributed by atoms with van der Waals surface area (Å²) in [6, 6.07) is -2.03. The lowest BCUT2D eigenvalue weighted by Crippen LogP contribution is -2.48. The summed E-state index contributed by atoms with van der Waals surface area (Å²) in [6.07, 6.45) is -0.650. The molecule has 0 aromatic heterocycles. The van der Waals surface area contributed by atoms with E-state index in [1.165, 1.54) is 11.9 Å². The molecule has 1 atom stereocenters. The number of hydrogen-bond donors (Lipinski definition) is 3. The van der Waals surface area contributed by atoms with Gasteiger partial charge in [-0.1, -0.05) is 0 Å². The normalized spacial score (nSPS) is 12.0. The van der Waals surface area contributed by atoms with Gasteiger partial charge < -0.3 is 25.3 Å². The molecule has 0 radical (unpaired) electrons. The quantitative estimate of drug-likeness (QED) is 0.549. The van der Waals surface area contributed by atoms with Gasteiger partial charge in [0.05, 0.1) is 6.42 Å². The minimum absolute atomic E-state index is 0.415. The second-order valence-electron chi connectivity index (χ2n) is 4.16. The van der Waals surface area contributed by atoms with Crippen LogP contribution in [0, 0.1) is 0 Å². The van der Waals surface area contributed by atoms with E-state index in [4.69, 9.17) is 10.2 Å². The highest BCUT2D eigenvalue weighted by Gasteiger charge is 2.24. The van der Waals surface area contributed by atoms with E-state index >= 15 is 0 Å². The van der Waals surface area contributed by atoms with Crippen molar-refractivity contribution < 1.29 is 24.6 Å². The van der Waals surface area contributed by atoms with Crippen LogP contribution in [0.3, 0.4) is 0 Å². The lowest BCUT2D eigenvalue weighted by atomic mass is 10.2. The van der Waals surface area contributed by atoms with Crippen molar-refractivity contribution >= 4 is 18.0 Å². The standard InChI is InChI=1S/C10H19N3O5/c1-12(2)4-5-13(3)10(18)11-7(9(16)17)6-8(14)15/h7H,4-6H2,1-3H3,(H,11,18)(H,14,15)(H,16,17)/t7-/m0/s1. The van der Waals surface area contributed by atoms with Crippen molar-refractivity contribution in [1.82, 2.24) is 15.1 Å². The molecule has 0 rings (SSSR count). The van der Waals surface area contributed by atoms with Gasteiger partial charge in [0.2, 0.25) is 0 Å². The summed E-state index contributed by atoms with van der Waals surface area (Å²) < 4.78 is 0. The number of carboxylic acids is 2. The van der Waals surface area contributed by atoms with Crippen LogP contribution in [0.25, 0.3) is 0 Å². The van der Waals surface area contributed by atoms with Gasteiger partial charge in [0.25, 0.3) is 0 Å². The molecular formula is C10H19N3O5. The highest BCUT2D eigenvalue weighted by Crippen LogP contribution is 1.95. The van der Waals surface area contributed by atoms with E-state index in [0.717, 1.165) is 0 Å². The first kappa shape index (κ1) is 16.2. The Bertz CT molecular complexity index is 319. The molecule has 2 amide bonds.